The van der Waals surface area contributed by atoms with Crippen molar-refractivity contribution in [2.45, 2.75) is 65.3 Å². The summed E-state index contributed by atoms with van der Waals surface area (Å²) in [5.41, 5.74) is 0.322. The van der Waals surface area contributed by atoms with Crippen LogP contribution in [0, 0.1) is 0 Å². The molecule has 192 valence electrons. The highest BCUT2D eigenvalue weighted by atomic mass is 16.7. The first-order valence-corrected chi connectivity index (χ1v) is 10.7. The highest BCUT2D eigenvalue weighted by Crippen LogP contribution is 2.34. The number of carbonyl (C=O) groups is 5. The molecule has 0 amide bonds. The van der Waals surface area contributed by atoms with Gasteiger partial charge in [-0.1, -0.05) is 0 Å². The van der Waals surface area contributed by atoms with Crippen LogP contribution in [0.4, 0.5) is 0 Å². The van der Waals surface area contributed by atoms with Gasteiger partial charge in [0.05, 0.1) is 6.61 Å². The summed E-state index contributed by atoms with van der Waals surface area (Å²) in [7, 11) is 0. The van der Waals surface area contributed by atoms with Gasteiger partial charge in [-0.2, -0.15) is 0 Å². The molecule has 0 saturated carbocycles. The maximum absolute atomic E-state index is 11.9. The van der Waals surface area contributed by atoms with Crippen LogP contribution >= 0.6 is 0 Å². The van der Waals surface area contributed by atoms with Gasteiger partial charge in [-0.15, -0.1) is 0 Å². The average molecular weight is 496 g/mol. The highest BCUT2D eigenvalue weighted by molar-refractivity contribution is 5.76. The van der Waals surface area contributed by atoms with Crippen molar-refractivity contribution in [3.05, 3.63) is 23.8 Å². The molecule has 1 aliphatic rings. The van der Waals surface area contributed by atoms with Crippen molar-refractivity contribution in [2.75, 3.05) is 13.2 Å². The Labute approximate surface area is 201 Å². The molecule has 0 aliphatic carbocycles. The molecule has 1 saturated heterocycles. The summed E-state index contributed by atoms with van der Waals surface area (Å²) in [6, 6.07) is 4.36. The van der Waals surface area contributed by atoms with E-state index >= 15 is 0 Å². The molecule has 0 radical (unpaired) electrons. The first-order chi connectivity index (χ1) is 16.5. The summed E-state index contributed by atoms with van der Waals surface area (Å²) in [6.07, 6.45) is -6.02. The Bertz CT molecular complexity index is 942. The molecule has 2 rings (SSSR count). The van der Waals surface area contributed by atoms with Gasteiger partial charge in [0.15, 0.2) is 23.7 Å². The number of rotatable bonds is 10. The van der Waals surface area contributed by atoms with Crippen LogP contribution in [0.2, 0.25) is 0 Å². The summed E-state index contributed by atoms with van der Waals surface area (Å²) >= 11 is 0. The number of hydrogen-bond donors (Lipinski definition) is 0. The molecule has 0 spiro atoms. The number of esters is 4. The summed E-state index contributed by atoms with van der Waals surface area (Å²) in [6.45, 7) is 6.13. The van der Waals surface area contributed by atoms with Crippen LogP contribution in [0.5, 0.6) is 11.5 Å². The normalized spacial score (nSPS) is 23.4. The average Bonchev–Trinajstić information content (AvgIpc) is 2.76. The van der Waals surface area contributed by atoms with Gasteiger partial charge >= 0.3 is 23.9 Å². The van der Waals surface area contributed by atoms with E-state index in [-0.39, 0.29) is 24.7 Å². The quantitative estimate of drug-likeness (QED) is 0.261. The largest absolute Gasteiger partial charge is 0.490 e. The van der Waals surface area contributed by atoms with Crippen molar-refractivity contribution in [1.82, 2.24) is 0 Å². The Morgan fingerprint density at radius 1 is 0.857 bits per heavy atom. The molecule has 1 fully saturated rings. The third kappa shape index (κ3) is 7.95. The van der Waals surface area contributed by atoms with Crippen molar-refractivity contribution in [2.24, 2.45) is 0 Å². The fourth-order valence-corrected chi connectivity index (χ4v) is 3.37. The highest BCUT2D eigenvalue weighted by Gasteiger charge is 2.53. The molecule has 1 unspecified atom stereocenters. The van der Waals surface area contributed by atoms with Crippen LogP contribution in [0.3, 0.4) is 0 Å². The Morgan fingerprint density at radius 2 is 1.46 bits per heavy atom. The smallest absolute Gasteiger partial charge is 0.303 e. The predicted molar refractivity (Wildman–Crippen MR) is 116 cm³/mol. The summed E-state index contributed by atoms with van der Waals surface area (Å²) in [4.78, 5) is 58.2. The van der Waals surface area contributed by atoms with Gasteiger partial charge in [-0.3, -0.25) is 24.0 Å². The molecule has 0 bridgehead atoms. The van der Waals surface area contributed by atoms with Gasteiger partial charge in [-0.25, -0.2) is 0 Å². The van der Waals surface area contributed by atoms with E-state index in [4.69, 9.17) is 33.2 Å². The minimum absolute atomic E-state index is 0.123. The zero-order valence-electron chi connectivity index (χ0n) is 20.0. The minimum atomic E-state index is -1.42. The first kappa shape index (κ1) is 27.6. The number of aldehydes is 1. The standard InChI is InChI=1S/C23H28O12/c1-6-29-18-9-16(10-24)7-8-17(18)34-23-22(33-15(5)28)21(32-14(4)27)20(31-13(3)26)19(35-23)11-30-12(2)25/h7-10,19-23H,6,11H2,1-5H3/t19-,20-,21+,22-,23?/m1/s1. The van der Waals surface area contributed by atoms with E-state index in [0.29, 0.717) is 11.8 Å². The lowest BCUT2D eigenvalue weighted by atomic mass is 9.98. The maximum atomic E-state index is 11.9. The van der Waals surface area contributed by atoms with Crippen LogP contribution < -0.4 is 9.47 Å². The minimum Gasteiger partial charge on any atom is -0.490 e. The second kappa shape index (κ2) is 12.7. The van der Waals surface area contributed by atoms with E-state index < -0.39 is 54.6 Å². The predicted octanol–water partition coefficient (Wildman–Crippen LogP) is 1.36. The molecule has 1 aliphatic heterocycles. The topological polar surface area (TPSA) is 150 Å². The van der Waals surface area contributed by atoms with Gasteiger partial charge in [-0.05, 0) is 25.1 Å². The third-order valence-electron chi connectivity index (χ3n) is 4.60. The zero-order valence-corrected chi connectivity index (χ0v) is 20.0. The molecule has 1 heterocycles. The molecular formula is C23H28O12. The molecule has 1 aromatic rings. The SMILES string of the molecule is CCOc1cc(C=O)ccc1OC1O[C@H](COC(C)=O)[C@@H](OC(C)=O)[C@H](OC(C)=O)[C@H]1OC(C)=O. The third-order valence-corrected chi connectivity index (χ3v) is 4.60. The second-order valence-corrected chi connectivity index (χ2v) is 7.44. The van der Waals surface area contributed by atoms with Crippen LogP contribution in [-0.4, -0.2) is 74.1 Å². The summed E-state index contributed by atoms with van der Waals surface area (Å²) < 4.78 is 38.4. The summed E-state index contributed by atoms with van der Waals surface area (Å²) in [5, 5.41) is 0. The molecule has 0 aromatic heterocycles. The Balaban J connectivity index is 2.52. The molecule has 35 heavy (non-hydrogen) atoms. The monoisotopic (exact) mass is 496 g/mol. The first-order valence-electron chi connectivity index (χ1n) is 10.7. The second-order valence-electron chi connectivity index (χ2n) is 7.44. The molecule has 0 N–H and O–H groups in total. The van der Waals surface area contributed by atoms with Gasteiger partial charge in [0.2, 0.25) is 12.4 Å². The Kier molecular flexibility index (Phi) is 10.0. The zero-order chi connectivity index (χ0) is 26.1. The molecule has 5 atom stereocenters. The lowest BCUT2D eigenvalue weighted by Gasteiger charge is -2.44. The number of carbonyl (C=O) groups excluding carboxylic acids is 5. The van der Waals surface area contributed by atoms with E-state index in [1.807, 2.05) is 0 Å². The van der Waals surface area contributed by atoms with Gasteiger partial charge in [0.25, 0.3) is 0 Å². The van der Waals surface area contributed by atoms with Crippen molar-refractivity contribution >= 4 is 30.2 Å². The van der Waals surface area contributed by atoms with Gasteiger partial charge in [0, 0.05) is 33.3 Å². The Hall–Kier alpha value is -3.67. The summed E-state index contributed by atoms with van der Waals surface area (Å²) in [5.74, 6) is -2.58. The van der Waals surface area contributed by atoms with Crippen LogP contribution in [-0.2, 0) is 42.9 Å². The van der Waals surface area contributed by atoms with Crippen molar-refractivity contribution in [1.29, 1.82) is 0 Å². The van der Waals surface area contributed by atoms with Gasteiger partial charge < -0.3 is 33.2 Å². The van der Waals surface area contributed by atoms with E-state index in [1.54, 1.807) is 6.92 Å². The molecule has 1 aromatic carbocycles. The molecular weight excluding hydrogens is 468 g/mol. The van der Waals surface area contributed by atoms with Crippen molar-refractivity contribution in [3.8, 4) is 11.5 Å². The molecule has 12 heteroatoms. The van der Waals surface area contributed by atoms with E-state index in [1.165, 1.54) is 25.1 Å². The number of hydrogen-bond acceptors (Lipinski definition) is 12. The lowest BCUT2D eigenvalue weighted by Crippen LogP contribution is -2.63. The fourth-order valence-electron chi connectivity index (χ4n) is 3.37. The molecule has 12 nitrogen and oxygen atoms in total. The number of ether oxygens (including phenoxy) is 7. The van der Waals surface area contributed by atoms with Crippen molar-refractivity contribution < 1.29 is 57.1 Å². The van der Waals surface area contributed by atoms with Crippen LogP contribution in [0.1, 0.15) is 45.0 Å². The maximum Gasteiger partial charge on any atom is 0.303 e. The fraction of sp³-hybridized carbons (Fsp3) is 0.522. The van der Waals surface area contributed by atoms with Crippen molar-refractivity contribution in [3.63, 3.8) is 0 Å². The van der Waals surface area contributed by atoms with Crippen LogP contribution in [0.15, 0.2) is 18.2 Å². The number of benzene rings is 1. The lowest BCUT2D eigenvalue weighted by molar-refractivity contribution is -0.288. The van der Waals surface area contributed by atoms with E-state index in [0.717, 1.165) is 20.8 Å². The van der Waals surface area contributed by atoms with Gasteiger partial charge in [0.1, 0.15) is 19.0 Å². The Morgan fingerprint density at radius 3 is 2.00 bits per heavy atom. The van der Waals surface area contributed by atoms with Crippen LogP contribution in [0.25, 0.3) is 0 Å². The van der Waals surface area contributed by atoms with E-state index in [9.17, 15) is 24.0 Å². The van der Waals surface area contributed by atoms with E-state index in [2.05, 4.69) is 0 Å².